The monoisotopic (exact) mass is 408 g/mol. The van der Waals surface area contributed by atoms with Crippen LogP contribution in [0.5, 0.6) is 5.75 Å². The van der Waals surface area contributed by atoms with Crippen molar-refractivity contribution in [1.29, 1.82) is 0 Å². The summed E-state index contributed by atoms with van der Waals surface area (Å²) in [5.41, 5.74) is 1.79. The highest BCUT2D eigenvalue weighted by atomic mass is 16.5. The van der Waals surface area contributed by atoms with Gasteiger partial charge in [0, 0.05) is 17.0 Å². The fourth-order valence-corrected chi connectivity index (χ4v) is 3.26. The van der Waals surface area contributed by atoms with Crippen molar-refractivity contribution in [2.45, 2.75) is 39.3 Å². The molecule has 0 bridgehead atoms. The molecule has 1 aromatic heterocycles. The molecule has 0 saturated heterocycles. The maximum Gasteiger partial charge on any atom is 0.336 e. The smallest absolute Gasteiger partial charge is 0.336 e. The quantitative estimate of drug-likeness (QED) is 0.599. The molecule has 0 unspecified atom stereocenters. The van der Waals surface area contributed by atoms with Gasteiger partial charge in [0.05, 0.1) is 12.0 Å². The van der Waals surface area contributed by atoms with Gasteiger partial charge < -0.3 is 24.4 Å². The van der Waals surface area contributed by atoms with E-state index in [2.05, 4.69) is 5.32 Å². The van der Waals surface area contributed by atoms with Crippen molar-refractivity contribution in [2.24, 2.45) is 0 Å². The molecular formula is C23H22NO6-. The topological polar surface area (TPSA) is 109 Å². The molecule has 7 nitrogen and oxygen atoms in total. The van der Waals surface area contributed by atoms with Crippen LogP contribution >= 0.6 is 0 Å². The zero-order valence-electron chi connectivity index (χ0n) is 16.9. The standard InChI is InChI=1S/C23H23NO6/c1-4-15-12-19(25)30-21-13(2)18(11-10-17(15)21)29-14(3)22(26)24-20(23(27)28)16-8-6-5-7-9-16/h5-12,14,20H,4H2,1-3H3,(H,24,26)(H,27,28)/p-1/t14-,20+/m1/s1. The highest BCUT2D eigenvalue weighted by Gasteiger charge is 2.22. The number of carbonyl (C=O) groups excluding carboxylic acids is 2. The van der Waals surface area contributed by atoms with Gasteiger partial charge in [-0.1, -0.05) is 37.3 Å². The molecule has 30 heavy (non-hydrogen) atoms. The maximum atomic E-state index is 12.6. The van der Waals surface area contributed by atoms with Crippen molar-refractivity contribution < 1.29 is 23.8 Å². The van der Waals surface area contributed by atoms with Crippen LogP contribution in [-0.2, 0) is 16.0 Å². The average molecular weight is 408 g/mol. The number of nitrogens with one attached hydrogen (secondary N) is 1. The Morgan fingerprint density at radius 2 is 1.87 bits per heavy atom. The number of aliphatic carboxylic acids is 1. The molecule has 1 N–H and O–H groups in total. The van der Waals surface area contributed by atoms with E-state index >= 15 is 0 Å². The third-order valence-corrected chi connectivity index (χ3v) is 4.91. The predicted octanol–water partition coefficient (Wildman–Crippen LogP) is 2.04. The fraction of sp³-hybridized carbons (Fsp3) is 0.261. The van der Waals surface area contributed by atoms with Crippen LogP contribution in [-0.4, -0.2) is 18.0 Å². The van der Waals surface area contributed by atoms with Gasteiger partial charge in [-0.05, 0) is 43.5 Å². The summed E-state index contributed by atoms with van der Waals surface area (Å²) in [5, 5.41) is 14.7. The number of aryl methyl sites for hydroxylation is 2. The first-order valence-corrected chi connectivity index (χ1v) is 9.61. The van der Waals surface area contributed by atoms with Gasteiger partial charge in [-0.15, -0.1) is 0 Å². The first kappa shape index (κ1) is 21.1. The van der Waals surface area contributed by atoms with Gasteiger partial charge in [0.25, 0.3) is 5.91 Å². The molecule has 156 valence electrons. The second kappa shape index (κ2) is 8.82. The molecule has 0 aliphatic carbocycles. The highest BCUT2D eigenvalue weighted by molar-refractivity contribution is 5.87. The van der Waals surface area contributed by atoms with Crippen LogP contribution in [0.4, 0.5) is 0 Å². The van der Waals surface area contributed by atoms with Crippen LogP contribution in [0.1, 0.15) is 36.6 Å². The van der Waals surface area contributed by atoms with Gasteiger partial charge in [-0.25, -0.2) is 4.79 Å². The van der Waals surface area contributed by atoms with Gasteiger partial charge >= 0.3 is 5.63 Å². The van der Waals surface area contributed by atoms with Crippen LogP contribution in [0, 0.1) is 6.92 Å². The minimum Gasteiger partial charge on any atom is -0.548 e. The summed E-state index contributed by atoms with van der Waals surface area (Å²) in [6, 6.07) is 11.9. The van der Waals surface area contributed by atoms with E-state index in [0.717, 1.165) is 10.9 Å². The lowest BCUT2D eigenvalue weighted by molar-refractivity contribution is -0.308. The predicted molar refractivity (Wildman–Crippen MR) is 109 cm³/mol. The molecule has 2 atom stereocenters. The summed E-state index contributed by atoms with van der Waals surface area (Å²) in [5.74, 6) is -1.67. The normalized spacial score (nSPS) is 12.9. The van der Waals surface area contributed by atoms with Gasteiger partial charge in [-0.2, -0.15) is 0 Å². The Morgan fingerprint density at radius 3 is 2.50 bits per heavy atom. The van der Waals surface area contributed by atoms with E-state index in [1.165, 1.54) is 13.0 Å². The van der Waals surface area contributed by atoms with Crippen LogP contribution < -0.4 is 20.8 Å². The van der Waals surface area contributed by atoms with Crippen LogP contribution in [0.2, 0.25) is 0 Å². The number of carboxylic acids is 1. The summed E-state index contributed by atoms with van der Waals surface area (Å²) < 4.78 is 11.1. The molecule has 3 aromatic rings. The molecule has 0 aliphatic heterocycles. The molecule has 0 radical (unpaired) electrons. The van der Waals surface area contributed by atoms with E-state index in [1.807, 2.05) is 6.92 Å². The van der Waals surface area contributed by atoms with Gasteiger partial charge in [-0.3, -0.25) is 4.79 Å². The molecule has 3 rings (SSSR count). The molecule has 1 amide bonds. The summed E-state index contributed by atoms with van der Waals surface area (Å²) in [4.78, 5) is 35.9. The number of hydrogen-bond acceptors (Lipinski definition) is 6. The third kappa shape index (κ3) is 4.35. The SMILES string of the molecule is CCc1cc(=O)oc2c(C)c(O[C@H](C)C(=O)N[C@H](C(=O)[O-])c3ccccc3)ccc12. The minimum absolute atomic E-state index is 0.367. The zero-order valence-corrected chi connectivity index (χ0v) is 16.9. The van der Waals surface area contributed by atoms with Crippen LogP contribution in [0.3, 0.4) is 0 Å². The maximum absolute atomic E-state index is 12.6. The van der Waals surface area contributed by atoms with Crippen LogP contribution in [0.25, 0.3) is 11.0 Å². The van der Waals surface area contributed by atoms with Gasteiger partial charge in [0.15, 0.2) is 6.10 Å². The lowest BCUT2D eigenvalue weighted by Gasteiger charge is -2.23. The zero-order chi connectivity index (χ0) is 21.8. The van der Waals surface area contributed by atoms with E-state index in [0.29, 0.717) is 28.9 Å². The first-order chi connectivity index (χ1) is 14.3. The highest BCUT2D eigenvalue weighted by Crippen LogP contribution is 2.29. The number of hydrogen-bond donors (Lipinski definition) is 1. The largest absolute Gasteiger partial charge is 0.548 e. The second-order valence-corrected chi connectivity index (χ2v) is 6.94. The Labute approximate surface area is 173 Å². The molecule has 0 spiro atoms. The second-order valence-electron chi connectivity index (χ2n) is 6.94. The van der Waals surface area contributed by atoms with Crippen molar-refractivity contribution >= 4 is 22.8 Å². The van der Waals surface area contributed by atoms with E-state index in [4.69, 9.17) is 9.15 Å². The Morgan fingerprint density at radius 1 is 1.17 bits per heavy atom. The van der Waals surface area contributed by atoms with Gasteiger partial charge in [0.1, 0.15) is 11.3 Å². The van der Waals surface area contributed by atoms with Crippen LogP contribution in [0.15, 0.2) is 57.7 Å². The number of carboxylic acid groups (broad SMARTS) is 1. The molecule has 1 heterocycles. The van der Waals surface area contributed by atoms with Gasteiger partial charge in [0.2, 0.25) is 0 Å². The summed E-state index contributed by atoms with van der Waals surface area (Å²) in [6.07, 6.45) is -0.322. The van der Waals surface area contributed by atoms with Crippen molar-refractivity contribution in [3.63, 3.8) is 0 Å². The molecule has 0 aliphatic rings. The summed E-state index contributed by atoms with van der Waals surface area (Å²) >= 11 is 0. The summed E-state index contributed by atoms with van der Waals surface area (Å²) in [7, 11) is 0. The van der Waals surface area contributed by atoms with E-state index in [1.54, 1.807) is 49.4 Å². The first-order valence-electron chi connectivity index (χ1n) is 9.61. The molecule has 2 aromatic carbocycles. The molecule has 0 saturated carbocycles. The fourth-order valence-electron chi connectivity index (χ4n) is 3.26. The van der Waals surface area contributed by atoms with Crippen molar-refractivity contribution in [3.05, 3.63) is 75.6 Å². The minimum atomic E-state index is -1.42. The van der Waals surface area contributed by atoms with Crippen molar-refractivity contribution in [1.82, 2.24) is 5.32 Å². The van der Waals surface area contributed by atoms with E-state index in [9.17, 15) is 19.5 Å². The molecule has 0 fully saturated rings. The number of rotatable bonds is 7. The van der Waals surface area contributed by atoms with E-state index in [-0.39, 0.29) is 0 Å². The Bertz CT molecular complexity index is 1140. The number of ether oxygens (including phenoxy) is 1. The Hall–Kier alpha value is -3.61. The number of fused-ring (bicyclic) bond motifs is 1. The number of amides is 1. The number of benzene rings is 2. The lowest BCUT2D eigenvalue weighted by atomic mass is 10.0. The molecular weight excluding hydrogens is 386 g/mol. The molecule has 7 heteroatoms. The van der Waals surface area contributed by atoms with E-state index < -0.39 is 29.6 Å². The number of carbonyl (C=O) groups is 2. The van der Waals surface area contributed by atoms with Crippen molar-refractivity contribution in [3.8, 4) is 5.75 Å². The average Bonchev–Trinajstić information content (AvgIpc) is 2.73. The summed E-state index contributed by atoms with van der Waals surface area (Å²) in [6.45, 7) is 5.19. The van der Waals surface area contributed by atoms with Crippen molar-refractivity contribution in [2.75, 3.05) is 0 Å². The Kier molecular flexibility index (Phi) is 6.20. The third-order valence-electron chi connectivity index (χ3n) is 4.91. The Balaban J connectivity index is 1.83. The lowest BCUT2D eigenvalue weighted by Crippen LogP contribution is -2.45.